The molecule has 2 aromatic rings. The Balaban J connectivity index is 2.04. The number of hydrogen-bond donors (Lipinski definition) is 3. The number of sulfonamides is 1. The van der Waals surface area contributed by atoms with Gasteiger partial charge in [0.15, 0.2) is 6.10 Å². The molecule has 0 bridgehead atoms. The lowest BCUT2D eigenvalue weighted by atomic mass is 10.2. The van der Waals surface area contributed by atoms with Crippen molar-refractivity contribution in [1.29, 1.82) is 0 Å². The summed E-state index contributed by atoms with van der Waals surface area (Å²) < 4.78 is 32.3. The van der Waals surface area contributed by atoms with Gasteiger partial charge in [0.05, 0.1) is 10.5 Å². The zero-order chi connectivity index (χ0) is 21.6. The molecule has 154 valence electrons. The molecule has 0 aromatic heterocycles. The predicted molar refractivity (Wildman–Crippen MR) is 106 cm³/mol. The van der Waals surface area contributed by atoms with E-state index in [0.29, 0.717) is 5.69 Å². The molecule has 0 unspecified atom stereocenters. The van der Waals surface area contributed by atoms with Gasteiger partial charge >= 0.3 is 12.0 Å². The molecule has 0 saturated carbocycles. The van der Waals surface area contributed by atoms with E-state index in [1.54, 1.807) is 24.3 Å². The van der Waals surface area contributed by atoms with Crippen LogP contribution < -0.4 is 15.4 Å². The van der Waals surface area contributed by atoms with Crippen LogP contribution in [0.3, 0.4) is 0 Å². The molecule has 0 spiro atoms. The highest BCUT2D eigenvalue weighted by atomic mass is 32.2. The fourth-order valence-corrected chi connectivity index (χ4v) is 3.22. The molecular formula is C19H21N3O6S. The van der Waals surface area contributed by atoms with Gasteiger partial charge in [-0.1, -0.05) is 17.7 Å². The first-order valence-corrected chi connectivity index (χ1v) is 10.0. The molecule has 3 amide bonds. The topological polar surface area (TPSA) is 131 Å². The quantitative estimate of drug-likeness (QED) is 0.612. The van der Waals surface area contributed by atoms with Crippen LogP contribution in [0.15, 0.2) is 53.4 Å². The van der Waals surface area contributed by atoms with Gasteiger partial charge in [0, 0.05) is 12.7 Å². The number of imide groups is 1. The molecule has 0 aliphatic rings. The summed E-state index contributed by atoms with van der Waals surface area (Å²) in [6.45, 7) is 3.19. The maximum Gasteiger partial charge on any atom is 0.338 e. The third kappa shape index (κ3) is 6.04. The van der Waals surface area contributed by atoms with Gasteiger partial charge in [-0.25, -0.2) is 18.0 Å². The number of anilines is 1. The Bertz CT molecular complexity index is 1000. The molecule has 3 N–H and O–H groups in total. The molecule has 0 heterocycles. The lowest BCUT2D eigenvalue weighted by Crippen LogP contribution is -2.43. The summed E-state index contributed by atoms with van der Waals surface area (Å²) in [6.07, 6.45) is -1.22. The van der Waals surface area contributed by atoms with Crippen molar-refractivity contribution in [3.63, 3.8) is 0 Å². The van der Waals surface area contributed by atoms with E-state index >= 15 is 0 Å². The molecule has 2 rings (SSSR count). The van der Waals surface area contributed by atoms with Crippen LogP contribution in [-0.4, -0.2) is 39.5 Å². The third-order valence-electron chi connectivity index (χ3n) is 3.82. The summed E-state index contributed by atoms with van der Waals surface area (Å²) in [7, 11) is -2.50. The van der Waals surface area contributed by atoms with E-state index in [2.05, 4.69) is 10.0 Å². The fraction of sp³-hybridized carbons (Fsp3) is 0.211. The number of urea groups is 1. The lowest BCUT2D eigenvalue weighted by molar-refractivity contribution is -0.127. The predicted octanol–water partition coefficient (Wildman–Crippen LogP) is 1.80. The van der Waals surface area contributed by atoms with E-state index in [0.717, 1.165) is 5.56 Å². The molecule has 2 aromatic carbocycles. The summed E-state index contributed by atoms with van der Waals surface area (Å²) in [5.41, 5.74) is 1.46. The molecule has 29 heavy (non-hydrogen) atoms. The maximum absolute atomic E-state index is 12.4. The van der Waals surface area contributed by atoms with Gasteiger partial charge in [-0.05, 0) is 50.2 Å². The number of ether oxygens (including phenoxy) is 1. The molecule has 0 radical (unpaired) electrons. The first-order valence-electron chi connectivity index (χ1n) is 8.55. The van der Waals surface area contributed by atoms with Crippen LogP contribution in [0, 0.1) is 6.92 Å². The van der Waals surface area contributed by atoms with Crippen molar-refractivity contribution in [2.24, 2.45) is 0 Å². The number of aryl methyl sites for hydroxylation is 1. The van der Waals surface area contributed by atoms with Crippen molar-refractivity contribution < 1.29 is 27.5 Å². The Kier molecular flexibility index (Phi) is 6.94. The van der Waals surface area contributed by atoms with Gasteiger partial charge < -0.3 is 10.1 Å². The fourth-order valence-electron chi connectivity index (χ4n) is 2.16. The number of benzene rings is 2. The molecule has 0 fully saturated rings. The average molecular weight is 419 g/mol. The highest BCUT2D eigenvalue weighted by Gasteiger charge is 2.21. The summed E-state index contributed by atoms with van der Waals surface area (Å²) >= 11 is 0. The number of nitrogens with one attached hydrogen (secondary N) is 3. The number of rotatable bonds is 6. The van der Waals surface area contributed by atoms with Gasteiger partial charge in [-0.3, -0.25) is 14.8 Å². The SMILES string of the molecule is CNC(=O)NC(=O)[C@H](C)OC(=O)c1ccc(S(=O)(=O)Nc2ccc(C)cc2)cc1. The summed E-state index contributed by atoms with van der Waals surface area (Å²) in [4.78, 5) is 34.9. The number of carbonyl (C=O) groups is 3. The second-order valence-corrected chi connectivity index (χ2v) is 7.79. The van der Waals surface area contributed by atoms with E-state index in [1.807, 2.05) is 12.2 Å². The van der Waals surface area contributed by atoms with E-state index in [-0.39, 0.29) is 10.5 Å². The van der Waals surface area contributed by atoms with Crippen LogP contribution in [0.5, 0.6) is 0 Å². The van der Waals surface area contributed by atoms with Crippen molar-refractivity contribution in [2.75, 3.05) is 11.8 Å². The Morgan fingerprint density at radius 2 is 1.55 bits per heavy atom. The van der Waals surface area contributed by atoms with E-state index in [9.17, 15) is 22.8 Å². The highest BCUT2D eigenvalue weighted by Crippen LogP contribution is 2.17. The lowest BCUT2D eigenvalue weighted by Gasteiger charge is -2.13. The van der Waals surface area contributed by atoms with Crippen molar-refractivity contribution in [3.05, 3.63) is 59.7 Å². The summed E-state index contributed by atoms with van der Waals surface area (Å²) in [5, 5.41) is 4.19. The van der Waals surface area contributed by atoms with Crippen molar-refractivity contribution in [3.8, 4) is 0 Å². The largest absolute Gasteiger partial charge is 0.449 e. The van der Waals surface area contributed by atoms with Crippen LogP contribution in [0.2, 0.25) is 0 Å². The van der Waals surface area contributed by atoms with E-state index < -0.39 is 34.0 Å². The minimum atomic E-state index is -3.83. The smallest absolute Gasteiger partial charge is 0.338 e. The summed E-state index contributed by atoms with van der Waals surface area (Å²) in [5.74, 6) is -1.63. The van der Waals surface area contributed by atoms with Crippen LogP contribution in [0.1, 0.15) is 22.8 Å². The first-order chi connectivity index (χ1) is 13.6. The number of amides is 3. The van der Waals surface area contributed by atoms with Crippen molar-refractivity contribution >= 4 is 33.6 Å². The van der Waals surface area contributed by atoms with Crippen LogP contribution in [-0.2, 0) is 19.6 Å². The van der Waals surface area contributed by atoms with Crippen LogP contribution in [0.4, 0.5) is 10.5 Å². The minimum Gasteiger partial charge on any atom is -0.449 e. The molecule has 0 aliphatic heterocycles. The minimum absolute atomic E-state index is 0.0416. The average Bonchev–Trinajstić information content (AvgIpc) is 2.69. The van der Waals surface area contributed by atoms with E-state index in [1.165, 1.54) is 38.2 Å². The van der Waals surface area contributed by atoms with Crippen LogP contribution >= 0.6 is 0 Å². The van der Waals surface area contributed by atoms with Gasteiger partial charge in [0.25, 0.3) is 15.9 Å². The Hall–Kier alpha value is -3.40. The number of esters is 1. The number of hydrogen-bond acceptors (Lipinski definition) is 6. The second kappa shape index (κ2) is 9.20. The Labute approximate surface area is 168 Å². The van der Waals surface area contributed by atoms with Crippen molar-refractivity contribution in [2.45, 2.75) is 24.8 Å². The Morgan fingerprint density at radius 3 is 2.10 bits per heavy atom. The standard InChI is InChI=1S/C19H21N3O6S/c1-12-4-8-15(9-5-12)22-29(26,27)16-10-6-14(7-11-16)18(24)28-13(2)17(23)21-19(25)20-3/h4-11,13,22H,1-3H3,(H2,20,21,23,25)/t13-/m0/s1. The zero-order valence-corrected chi connectivity index (χ0v) is 16.9. The molecule has 9 nitrogen and oxygen atoms in total. The van der Waals surface area contributed by atoms with Gasteiger partial charge in [-0.15, -0.1) is 0 Å². The third-order valence-corrected chi connectivity index (χ3v) is 5.22. The highest BCUT2D eigenvalue weighted by molar-refractivity contribution is 7.92. The van der Waals surface area contributed by atoms with Crippen molar-refractivity contribution in [1.82, 2.24) is 10.6 Å². The van der Waals surface area contributed by atoms with Gasteiger partial charge in [0.2, 0.25) is 0 Å². The maximum atomic E-state index is 12.4. The summed E-state index contributed by atoms with van der Waals surface area (Å²) in [6, 6.07) is 11.2. The molecule has 0 aliphatic carbocycles. The van der Waals surface area contributed by atoms with E-state index in [4.69, 9.17) is 4.74 Å². The molecular weight excluding hydrogens is 398 g/mol. The van der Waals surface area contributed by atoms with Crippen LogP contribution in [0.25, 0.3) is 0 Å². The Morgan fingerprint density at radius 1 is 0.966 bits per heavy atom. The monoisotopic (exact) mass is 419 g/mol. The molecule has 1 atom stereocenters. The first kappa shape index (κ1) is 21.9. The normalized spacial score (nSPS) is 11.8. The zero-order valence-electron chi connectivity index (χ0n) is 16.1. The number of carbonyl (C=O) groups excluding carboxylic acids is 3. The van der Waals surface area contributed by atoms with Gasteiger partial charge in [-0.2, -0.15) is 0 Å². The second-order valence-electron chi connectivity index (χ2n) is 6.11. The van der Waals surface area contributed by atoms with Gasteiger partial charge in [0.1, 0.15) is 0 Å². The molecule has 0 saturated heterocycles. The molecule has 10 heteroatoms.